The van der Waals surface area contributed by atoms with Gasteiger partial charge in [0.05, 0.1) is 13.2 Å². The second-order valence-electron chi connectivity index (χ2n) is 5.59. The monoisotopic (exact) mass is 310 g/mol. The van der Waals surface area contributed by atoms with Gasteiger partial charge < -0.3 is 24.9 Å². The van der Waals surface area contributed by atoms with E-state index in [9.17, 15) is 10.1 Å². The van der Waals surface area contributed by atoms with Crippen molar-refractivity contribution in [2.45, 2.75) is 18.9 Å². The number of nitriles is 1. The van der Waals surface area contributed by atoms with Crippen molar-refractivity contribution in [3.8, 4) is 6.07 Å². The quantitative estimate of drug-likeness (QED) is 0.474. The number of hydrogen-bond acceptors (Lipinski definition) is 6. The van der Waals surface area contributed by atoms with E-state index >= 15 is 0 Å². The van der Waals surface area contributed by atoms with Gasteiger partial charge in [-0.3, -0.25) is 4.79 Å². The first-order chi connectivity index (χ1) is 10.5. The van der Waals surface area contributed by atoms with Crippen LogP contribution >= 0.6 is 0 Å². The van der Waals surface area contributed by atoms with Gasteiger partial charge in [0.2, 0.25) is 0 Å². The number of carbonyl (C=O) groups excluding carboxylic acids is 1. The molecule has 0 radical (unpaired) electrons. The molecule has 22 heavy (non-hydrogen) atoms. The normalized spacial score (nSPS) is 17.1. The Kier molecular flexibility index (Phi) is 7.88. The first kappa shape index (κ1) is 18.4. The molecule has 1 aliphatic heterocycles. The summed E-state index contributed by atoms with van der Waals surface area (Å²) in [7, 11) is 3.96. The Labute approximate surface area is 132 Å². The highest BCUT2D eigenvalue weighted by molar-refractivity contribution is 5.97. The molecule has 124 valence electrons. The molecule has 0 aromatic heterocycles. The molecule has 1 rings (SSSR count). The molecule has 7 heteroatoms. The molecule has 1 aliphatic rings. The van der Waals surface area contributed by atoms with E-state index in [0.29, 0.717) is 6.04 Å². The van der Waals surface area contributed by atoms with Gasteiger partial charge in [0.15, 0.2) is 0 Å². The third kappa shape index (κ3) is 5.30. The third-order valence-electron chi connectivity index (χ3n) is 3.97. The Morgan fingerprint density at radius 1 is 1.32 bits per heavy atom. The number of nitrogens with zero attached hydrogens (tertiary/aromatic N) is 4. The van der Waals surface area contributed by atoms with Crippen LogP contribution in [0, 0.1) is 11.3 Å². The summed E-state index contributed by atoms with van der Waals surface area (Å²) >= 11 is 0. The molecule has 1 heterocycles. The Morgan fingerprint density at radius 2 is 1.86 bits per heavy atom. The minimum absolute atomic E-state index is 0.0309. The predicted octanol–water partition coefficient (Wildman–Crippen LogP) is -0.767. The second kappa shape index (κ2) is 9.41. The largest absolute Gasteiger partial charge is 0.395 e. The van der Waals surface area contributed by atoms with Crippen LogP contribution in [0.4, 0.5) is 0 Å². The maximum atomic E-state index is 12.3. The van der Waals surface area contributed by atoms with Crippen molar-refractivity contribution >= 4 is 5.91 Å². The van der Waals surface area contributed by atoms with Gasteiger partial charge in [0.25, 0.3) is 5.91 Å². The molecule has 0 bridgehead atoms. The number of aliphatic hydroxyl groups is 2. The lowest BCUT2D eigenvalue weighted by atomic mass is 10.0. The molecule has 7 nitrogen and oxygen atoms in total. The molecule has 0 saturated carbocycles. The van der Waals surface area contributed by atoms with E-state index in [1.165, 1.54) is 4.90 Å². The molecule has 0 spiro atoms. The molecule has 0 atom stereocenters. The van der Waals surface area contributed by atoms with Crippen molar-refractivity contribution in [1.29, 1.82) is 5.26 Å². The molecule has 1 fully saturated rings. The van der Waals surface area contributed by atoms with Gasteiger partial charge in [-0.2, -0.15) is 5.26 Å². The number of aliphatic hydroxyl groups excluding tert-OH is 2. The summed E-state index contributed by atoms with van der Waals surface area (Å²) in [5.74, 6) is -0.453. The van der Waals surface area contributed by atoms with Crippen LogP contribution in [0.1, 0.15) is 12.8 Å². The van der Waals surface area contributed by atoms with E-state index in [4.69, 9.17) is 10.2 Å². The Balaban J connectivity index is 2.75. The summed E-state index contributed by atoms with van der Waals surface area (Å²) < 4.78 is 0. The smallest absolute Gasteiger partial charge is 0.266 e. The highest BCUT2D eigenvalue weighted by Gasteiger charge is 2.22. The van der Waals surface area contributed by atoms with Crippen LogP contribution in [-0.2, 0) is 4.79 Å². The fraction of sp³-hybridized carbons (Fsp3) is 0.733. The molecule has 0 aromatic rings. The van der Waals surface area contributed by atoms with Crippen molar-refractivity contribution in [1.82, 2.24) is 14.7 Å². The second-order valence-corrected chi connectivity index (χ2v) is 5.59. The van der Waals surface area contributed by atoms with Crippen LogP contribution in [0.15, 0.2) is 11.8 Å². The highest BCUT2D eigenvalue weighted by Crippen LogP contribution is 2.15. The average molecular weight is 310 g/mol. The lowest BCUT2D eigenvalue weighted by Gasteiger charge is -2.34. The average Bonchev–Trinajstić information content (AvgIpc) is 2.52. The lowest BCUT2D eigenvalue weighted by Crippen LogP contribution is -2.41. The van der Waals surface area contributed by atoms with Crippen LogP contribution in [-0.4, -0.2) is 90.3 Å². The number of piperidine rings is 1. The number of carbonyl (C=O) groups is 1. The molecular weight excluding hydrogens is 284 g/mol. The van der Waals surface area contributed by atoms with Crippen LogP contribution in [0.2, 0.25) is 0 Å². The van der Waals surface area contributed by atoms with Crippen LogP contribution < -0.4 is 0 Å². The summed E-state index contributed by atoms with van der Waals surface area (Å²) in [5.41, 5.74) is 0.0309. The molecule has 2 N–H and O–H groups in total. The van der Waals surface area contributed by atoms with Gasteiger partial charge in [-0.15, -0.1) is 0 Å². The van der Waals surface area contributed by atoms with Crippen molar-refractivity contribution in [3.05, 3.63) is 11.8 Å². The van der Waals surface area contributed by atoms with Crippen molar-refractivity contribution in [2.24, 2.45) is 0 Å². The minimum Gasteiger partial charge on any atom is -0.395 e. The summed E-state index contributed by atoms with van der Waals surface area (Å²) in [6, 6.07) is 2.25. The van der Waals surface area contributed by atoms with Gasteiger partial charge in [0.1, 0.15) is 11.6 Å². The van der Waals surface area contributed by atoms with Gasteiger partial charge in [-0.1, -0.05) is 0 Å². The van der Waals surface area contributed by atoms with Crippen molar-refractivity contribution < 1.29 is 15.0 Å². The summed E-state index contributed by atoms with van der Waals surface area (Å²) in [6.07, 6.45) is 3.57. The van der Waals surface area contributed by atoms with E-state index in [1.54, 1.807) is 6.20 Å². The zero-order valence-corrected chi connectivity index (χ0v) is 13.4. The topological polar surface area (TPSA) is 91.0 Å². The first-order valence-electron chi connectivity index (χ1n) is 7.56. The number of amides is 1. The molecule has 0 unspecified atom stereocenters. The van der Waals surface area contributed by atoms with E-state index < -0.39 is 5.91 Å². The number of rotatable bonds is 7. The Morgan fingerprint density at radius 3 is 2.32 bits per heavy atom. The van der Waals surface area contributed by atoms with Gasteiger partial charge in [-0.05, 0) is 33.0 Å². The standard InChI is InChI=1S/C15H26N4O3/c1-17-5-3-14(4-6-17)18(2)12-13(11-16)15(22)19(7-9-20)8-10-21/h12,14,20-21H,3-10H2,1-2H3/b13-12-. The van der Waals surface area contributed by atoms with Crippen LogP contribution in [0.3, 0.4) is 0 Å². The van der Waals surface area contributed by atoms with Gasteiger partial charge in [-0.25, -0.2) is 0 Å². The molecule has 0 aromatic carbocycles. The fourth-order valence-electron chi connectivity index (χ4n) is 2.57. The lowest BCUT2D eigenvalue weighted by molar-refractivity contribution is -0.127. The summed E-state index contributed by atoms with van der Waals surface area (Å²) in [6.45, 7) is 1.82. The van der Waals surface area contributed by atoms with E-state index in [0.717, 1.165) is 25.9 Å². The van der Waals surface area contributed by atoms with E-state index in [1.807, 2.05) is 18.0 Å². The van der Waals surface area contributed by atoms with Crippen LogP contribution in [0.25, 0.3) is 0 Å². The van der Waals surface area contributed by atoms with Gasteiger partial charge in [0, 0.05) is 32.4 Å². The molecule has 0 aliphatic carbocycles. The summed E-state index contributed by atoms with van der Waals surface area (Å²) in [4.78, 5) is 17.8. The van der Waals surface area contributed by atoms with Crippen LogP contribution in [0.5, 0.6) is 0 Å². The zero-order valence-electron chi connectivity index (χ0n) is 13.4. The maximum Gasteiger partial charge on any atom is 0.266 e. The minimum atomic E-state index is -0.453. The zero-order chi connectivity index (χ0) is 16.5. The molecular formula is C15H26N4O3. The van der Waals surface area contributed by atoms with E-state index in [-0.39, 0.29) is 31.9 Å². The predicted molar refractivity (Wildman–Crippen MR) is 82.7 cm³/mol. The SMILES string of the molecule is CN1CCC(N(C)/C=C(/C#N)C(=O)N(CCO)CCO)CC1. The highest BCUT2D eigenvalue weighted by atomic mass is 16.3. The van der Waals surface area contributed by atoms with E-state index in [2.05, 4.69) is 11.9 Å². The first-order valence-corrected chi connectivity index (χ1v) is 7.56. The van der Waals surface area contributed by atoms with Crippen molar-refractivity contribution in [3.63, 3.8) is 0 Å². The Hall–Kier alpha value is -1.62. The third-order valence-corrected chi connectivity index (χ3v) is 3.97. The number of likely N-dealkylation sites (tertiary alicyclic amines) is 1. The molecule has 1 amide bonds. The maximum absolute atomic E-state index is 12.3. The number of hydrogen-bond donors (Lipinski definition) is 2. The fourth-order valence-corrected chi connectivity index (χ4v) is 2.57. The van der Waals surface area contributed by atoms with Gasteiger partial charge >= 0.3 is 0 Å². The summed E-state index contributed by atoms with van der Waals surface area (Å²) in [5, 5.41) is 27.2. The molecule has 1 saturated heterocycles. The van der Waals surface area contributed by atoms with Crippen molar-refractivity contribution in [2.75, 3.05) is 53.5 Å². The Bertz CT molecular complexity index is 419.